The van der Waals surface area contributed by atoms with Gasteiger partial charge in [0.15, 0.2) is 0 Å². The van der Waals surface area contributed by atoms with Crippen LogP contribution in [0.4, 0.5) is 0 Å². The van der Waals surface area contributed by atoms with Gasteiger partial charge in [-0.25, -0.2) is 0 Å². The van der Waals surface area contributed by atoms with Gasteiger partial charge in [0.05, 0.1) is 0 Å². The molecule has 3 nitrogen and oxygen atoms in total. The molecule has 0 radical (unpaired) electrons. The van der Waals surface area contributed by atoms with Crippen LogP contribution < -0.4 is 5.32 Å². The Morgan fingerprint density at radius 2 is 2.12 bits per heavy atom. The molecule has 1 saturated heterocycles. The van der Waals surface area contributed by atoms with E-state index < -0.39 is 0 Å². The minimum atomic E-state index is -0.193. The summed E-state index contributed by atoms with van der Waals surface area (Å²) in [5, 5.41) is 3.21. The van der Waals surface area contributed by atoms with E-state index in [0.29, 0.717) is 11.8 Å². The lowest BCUT2D eigenvalue weighted by Gasteiger charge is -2.37. The van der Waals surface area contributed by atoms with Gasteiger partial charge in [0, 0.05) is 18.5 Å². The predicted octanol–water partition coefficient (Wildman–Crippen LogP) is 2.30. The molecule has 0 bridgehead atoms. The third-order valence-electron chi connectivity index (χ3n) is 3.76. The first kappa shape index (κ1) is 16.7. The molecule has 0 aliphatic carbocycles. The van der Waals surface area contributed by atoms with Crippen LogP contribution >= 0.6 is 12.4 Å². The Hall–Kier alpha value is -0.280. The number of hydrogen-bond acceptors (Lipinski definition) is 2. The van der Waals surface area contributed by atoms with E-state index in [9.17, 15) is 4.79 Å². The van der Waals surface area contributed by atoms with Crippen LogP contribution in [-0.4, -0.2) is 37.5 Å². The number of nitrogens with zero attached hydrogens (tertiary/aromatic N) is 1. The van der Waals surface area contributed by atoms with E-state index in [1.54, 1.807) is 0 Å². The van der Waals surface area contributed by atoms with Crippen LogP contribution in [0.25, 0.3) is 0 Å². The SMILES string of the molecule is CCC(C)(C)C(=O)N1CCCC(CNC)C1.Cl. The van der Waals surface area contributed by atoms with Gasteiger partial charge < -0.3 is 10.2 Å². The quantitative estimate of drug-likeness (QED) is 0.843. The second kappa shape index (κ2) is 7.22. The standard InChI is InChI=1S/C13H26N2O.ClH/c1-5-13(2,3)12(16)15-8-6-7-11(10-15)9-14-4;/h11,14H,5-10H2,1-4H3;1H. The van der Waals surface area contributed by atoms with E-state index in [1.807, 2.05) is 7.05 Å². The van der Waals surface area contributed by atoms with Gasteiger partial charge in [-0.1, -0.05) is 20.8 Å². The van der Waals surface area contributed by atoms with Crippen molar-refractivity contribution in [3.05, 3.63) is 0 Å². The van der Waals surface area contributed by atoms with E-state index >= 15 is 0 Å². The Morgan fingerprint density at radius 3 is 2.65 bits per heavy atom. The lowest BCUT2D eigenvalue weighted by molar-refractivity contribution is -0.142. The Bertz CT molecular complexity index is 242. The van der Waals surface area contributed by atoms with E-state index in [2.05, 4.69) is 31.0 Å². The minimum absolute atomic E-state index is 0. The van der Waals surface area contributed by atoms with Gasteiger partial charge in [-0.2, -0.15) is 0 Å². The van der Waals surface area contributed by atoms with Crippen LogP contribution in [0, 0.1) is 11.3 Å². The lowest BCUT2D eigenvalue weighted by Crippen LogP contribution is -2.47. The second-order valence-corrected chi connectivity index (χ2v) is 5.55. The molecule has 0 aromatic rings. The average molecular weight is 263 g/mol. The predicted molar refractivity (Wildman–Crippen MR) is 74.6 cm³/mol. The number of halogens is 1. The highest BCUT2D eigenvalue weighted by molar-refractivity contribution is 5.85. The monoisotopic (exact) mass is 262 g/mol. The van der Waals surface area contributed by atoms with Crippen molar-refractivity contribution < 1.29 is 4.79 Å². The number of nitrogens with one attached hydrogen (secondary N) is 1. The van der Waals surface area contributed by atoms with Crippen LogP contribution in [0.2, 0.25) is 0 Å². The molecule has 1 N–H and O–H groups in total. The third-order valence-corrected chi connectivity index (χ3v) is 3.76. The van der Waals surface area contributed by atoms with Gasteiger partial charge in [-0.15, -0.1) is 12.4 Å². The number of piperidine rings is 1. The van der Waals surface area contributed by atoms with Gasteiger partial charge >= 0.3 is 0 Å². The topological polar surface area (TPSA) is 32.3 Å². The maximum atomic E-state index is 12.3. The molecule has 1 atom stereocenters. The molecule has 1 aliphatic rings. The molecule has 1 amide bonds. The fourth-order valence-electron chi connectivity index (χ4n) is 2.28. The summed E-state index contributed by atoms with van der Waals surface area (Å²) in [6, 6.07) is 0. The summed E-state index contributed by atoms with van der Waals surface area (Å²) < 4.78 is 0. The fraction of sp³-hybridized carbons (Fsp3) is 0.923. The van der Waals surface area contributed by atoms with E-state index in [4.69, 9.17) is 0 Å². The van der Waals surface area contributed by atoms with Crippen molar-refractivity contribution in [3.8, 4) is 0 Å². The molecule has 1 aliphatic heterocycles. The van der Waals surface area contributed by atoms with E-state index in [-0.39, 0.29) is 17.8 Å². The zero-order chi connectivity index (χ0) is 12.2. The average Bonchev–Trinajstić information content (AvgIpc) is 2.29. The van der Waals surface area contributed by atoms with Gasteiger partial charge in [-0.05, 0) is 38.8 Å². The van der Waals surface area contributed by atoms with Crippen LogP contribution in [0.3, 0.4) is 0 Å². The maximum absolute atomic E-state index is 12.3. The minimum Gasteiger partial charge on any atom is -0.342 e. The van der Waals surface area contributed by atoms with Crippen molar-refractivity contribution in [1.82, 2.24) is 10.2 Å². The highest BCUT2D eigenvalue weighted by Crippen LogP contribution is 2.26. The van der Waals surface area contributed by atoms with Crippen LogP contribution in [0.5, 0.6) is 0 Å². The summed E-state index contributed by atoms with van der Waals surface area (Å²) in [7, 11) is 1.98. The maximum Gasteiger partial charge on any atom is 0.228 e. The van der Waals surface area contributed by atoms with Crippen molar-refractivity contribution in [1.29, 1.82) is 0 Å². The molecule has 1 unspecified atom stereocenters. The normalized spacial score (nSPS) is 20.9. The molecule has 17 heavy (non-hydrogen) atoms. The molecule has 1 fully saturated rings. The molecule has 0 saturated carbocycles. The highest BCUT2D eigenvalue weighted by atomic mass is 35.5. The summed E-state index contributed by atoms with van der Waals surface area (Å²) in [6.07, 6.45) is 3.31. The molecule has 0 aromatic carbocycles. The number of carbonyl (C=O) groups is 1. The molecule has 1 heterocycles. The second-order valence-electron chi connectivity index (χ2n) is 5.55. The first-order valence-corrected chi connectivity index (χ1v) is 6.45. The van der Waals surface area contributed by atoms with Gasteiger partial charge in [0.1, 0.15) is 0 Å². The third kappa shape index (κ3) is 4.47. The Morgan fingerprint density at radius 1 is 1.47 bits per heavy atom. The van der Waals surface area contributed by atoms with Crippen LogP contribution in [0.15, 0.2) is 0 Å². The van der Waals surface area contributed by atoms with E-state index in [0.717, 1.165) is 32.5 Å². The number of carbonyl (C=O) groups excluding carboxylic acids is 1. The van der Waals surface area contributed by atoms with Gasteiger partial charge in [-0.3, -0.25) is 4.79 Å². The molecular formula is C13H27ClN2O. The van der Waals surface area contributed by atoms with Crippen LogP contribution in [-0.2, 0) is 4.79 Å². The Labute approximate surface area is 112 Å². The van der Waals surface area contributed by atoms with E-state index in [1.165, 1.54) is 6.42 Å². The summed E-state index contributed by atoms with van der Waals surface area (Å²) in [5.74, 6) is 0.964. The summed E-state index contributed by atoms with van der Waals surface area (Å²) >= 11 is 0. The smallest absolute Gasteiger partial charge is 0.228 e. The highest BCUT2D eigenvalue weighted by Gasteiger charge is 2.32. The Kier molecular flexibility index (Phi) is 7.10. The number of amides is 1. The molecular weight excluding hydrogens is 236 g/mol. The summed E-state index contributed by atoms with van der Waals surface area (Å²) in [4.78, 5) is 14.4. The van der Waals surface area contributed by atoms with Gasteiger partial charge in [0.25, 0.3) is 0 Å². The number of rotatable bonds is 4. The van der Waals surface area contributed by atoms with Crippen molar-refractivity contribution in [2.45, 2.75) is 40.0 Å². The van der Waals surface area contributed by atoms with Crippen molar-refractivity contribution in [3.63, 3.8) is 0 Å². The van der Waals surface area contributed by atoms with Crippen LogP contribution in [0.1, 0.15) is 40.0 Å². The molecule has 4 heteroatoms. The number of hydrogen-bond donors (Lipinski definition) is 1. The first-order valence-electron chi connectivity index (χ1n) is 6.45. The number of likely N-dealkylation sites (tertiary alicyclic amines) is 1. The molecule has 102 valence electrons. The zero-order valence-corrected chi connectivity index (χ0v) is 12.4. The fourth-order valence-corrected chi connectivity index (χ4v) is 2.28. The van der Waals surface area contributed by atoms with Crippen molar-refractivity contribution in [2.24, 2.45) is 11.3 Å². The summed E-state index contributed by atoms with van der Waals surface area (Å²) in [6.45, 7) is 9.10. The van der Waals surface area contributed by atoms with Gasteiger partial charge in [0.2, 0.25) is 5.91 Å². The Balaban J connectivity index is 0.00000256. The summed E-state index contributed by atoms with van der Waals surface area (Å²) in [5.41, 5.74) is -0.193. The molecule has 1 rings (SSSR count). The van der Waals surface area contributed by atoms with Crippen molar-refractivity contribution in [2.75, 3.05) is 26.7 Å². The molecule has 0 aromatic heterocycles. The lowest BCUT2D eigenvalue weighted by atomic mass is 9.87. The molecule has 0 spiro atoms. The largest absolute Gasteiger partial charge is 0.342 e. The zero-order valence-electron chi connectivity index (χ0n) is 11.6. The first-order chi connectivity index (χ1) is 7.51. The van der Waals surface area contributed by atoms with Crippen molar-refractivity contribution >= 4 is 18.3 Å².